The van der Waals surface area contributed by atoms with Crippen molar-refractivity contribution in [3.05, 3.63) is 63.1 Å². The van der Waals surface area contributed by atoms with Gasteiger partial charge in [-0.2, -0.15) is 0 Å². The van der Waals surface area contributed by atoms with Gasteiger partial charge in [-0.3, -0.25) is 9.10 Å². The number of aryl methyl sites for hydroxylation is 2. The zero-order chi connectivity index (χ0) is 21.2. The number of benzene rings is 2. The van der Waals surface area contributed by atoms with Crippen LogP contribution in [0.15, 0.2) is 36.4 Å². The molecular formula is C21H24Cl2N2O3S. The van der Waals surface area contributed by atoms with Gasteiger partial charge < -0.3 is 5.32 Å². The van der Waals surface area contributed by atoms with E-state index in [9.17, 15) is 13.2 Å². The molecule has 2 aromatic rings. The van der Waals surface area contributed by atoms with Crippen molar-refractivity contribution in [1.82, 2.24) is 5.32 Å². The monoisotopic (exact) mass is 454 g/mol. The average Bonchev–Trinajstić information content (AvgIpc) is 2.65. The number of anilines is 1. The van der Waals surface area contributed by atoms with Crippen LogP contribution < -0.4 is 9.62 Å². The summed E-state index contributed by atoms with van der Waals surface area (Å²) in [5.74, 6) is -0.410. The lowest BCUT2D eigenvalue weighted by molar-refractivity contribution is -0.120. The van der Waals surface area contributed by atoms with Crippen LogP contribution in [-0.4, -0.2) is 27.1 Å². The van der Waals surface area contributed by atoms with Gasteiger partial charge in [-0.25, -0.2) is 8.42 Å². The minimum Gasteiger partial charge on any atom is -0.348 e. The van der Waals surface area contributed by atoms with Gasteiger partial charge in [0.15, 0.2) is 0 Å². The SMILES string of the molecule is C[C@@H](NC(=O)CN(c1ccc(Cl)cc1Cl)S(C)(=O)=O)c1ccc2c(c1)CCCC2. The zero-order valence-corrected chi connectivity index (χ0v) is 18.7. The molecule has 29 heavy (non-hydrogen) atoms. The molecule has 5 nitrogen and oxygen atoms in total. The number of amides is 1. The summed E-state index contributed by atoms with van der Waals surface area (Å²) in [5, 5.41) is 3.44. The normalized spacial score (nSPS) is 14.8. The Labute approximate surface area is 182 Å². The highest BCUT2D eigenvalue weighted by molar-refractivity contribution is 7.92. The summed E-state index contributed by atoms with van der Waals surface area (Å²) < 4.78 is 25.5. The van der Waals surface area contributed by atoms with Crippen LogP contribution in [-0.2, 0) is 27.7 Å². The Balaban J connectivity index is 1.75. The fraction of sp³-hybridized carbons (Fsp3) is 0.381. The van der Waals surface area contributed by atoms with Gasteiger partial charge >= 0.3 is 0 Å². The third-order valence-corrected chi connectivity index (χ3v) is 6.78. The molecule has 0 heterocycles. The molecule has 0 saturated heterocycles. The van der Waals surface area contributed by atoms with Gasteiger partial charge in [0.1, 0.15) is 6.54 Å². The van der Waals surface area contributed by atoms with E-state index in [4.69, 9.17) is 23.2 Å². The quantitative estimate of drug-likeness (QED) is 0.697. The van der Waals surface area contributed by atoms with E-state index in [1.54, 1.807) is 0 Å². The number of sulfonamides is 1. The van der Waals surface area contributed by atoms with Gasteiger partial charge in [-0.15, -0.1) is 0 Å². The number of hydrogen-bond acceptors (Lipinski definition) is 3. The van der Waals surface area contributed by atoms with Crippen LogP contribution >= 0.6 is 23.2 Å². The van der Waals surface area contributed by atoms with Gasteiger partial charge in [-0.1, -0.05) is 41.4 Å². The van der Waals surface area contributed by atoms with Crippen molar-refractivity contribution in [2.24, 2.45) is 0 Å². The number of carbonyl (C=O) groups excluding carboxylic acids is 1. The Hall–Kier alpha value is -1.76. The molecule has 156 valence electrons. The first-order valence-electron chi connectivity index (χ1n) is 9.49. The molecule has 1 aliphatic carbocycles. The number of carbonyl (C=O) groups is 1. The summed E-state index contributed by atoms with van der Waals surface area (Å²) in [5.41, 5.74) is 3.93. The Morgan fingerprint density at radius 2 is 1.79 bits per heavy atom. The third kappa shape index (κ3) is 5.44. The summed E-state index contributed by atoms with van der Waals surface area (Å²) in [6, 6.07) is 10.5. The van der Waals surface area contributed by atoms with Gasteiger partial charge in [0, 0.05) is 5.02 Å². The second-order valence-electron chi connectivity index (χ2n) is 7.39. The van der Waals surface area contributed by atoms with E-state index in [2.05, 4.69) is 17.4 Å². The molecule has 2 aromatic carbocycles. The van der Waals surface area contributed by atoms with E-state index < -0.39 is 15.9 Å². The van der Waals surface area contributed by atoms with Crippen LogP contribution in [0.1, 0.15) is 42.5 Å². The molecule has 0 aliphatic heterocycles. The summed E-state index contributed by atoms with van der Waals surface area (Å²) in [6.07, 6.45) is 5.59. The van der Waals surface area contributed by atoms with Crippen LogP contribution in [0.3, 0.4) is 0 Å². The minimum absolute atomic E-state index is 0.165. The van der Waals surface area contributed by atoms with E-state index in [1.165, 1.54) is 42.2 Å². The second kappa shape index (κ2) is 8.94. The lowest BCUT2D eigenvalue weighted by atomic mass is 9.89. The lowest BCUT2D eigenvalue weighted by Gasteiger charge is -2.24. The highest BCUT2D eigenvalue weighted by Gasteiger charge is 2.24. The first kappa shape index (κ1) is 21.9. The number of rotatable bonds is 6. The summed E-state index contributed by atoms with van der Waals surface area (Å²) in [6.45, 7) is 1.53. The number of nitrogens with zero attached hydrogens (tertiary/aromatic N) is 1. The van der Waals surface area contributed by atoms with E-state index >= 15 is 0 Å². The van der Waals surface area contributed by atoms with Gasteiger partial charge in [0.05, 0.1) is 23.0 Å². The van der Waals surface area contributed by atoms with Crippen LogP contribution in [0.5, 0.6) is 0 Å². The van der Waals surface area contributed by atoms with Crippen molar-refractivity contribution in [3.8, 4) is 0 Å². The Morgan fingerprint density at radius 1 is 1.10 bits per heavy atom. The number of hydrogen-bond donors (Lipinski definition) is 1. The Bertz CT molecular complexity index is 1020. The Morgan fingerprint density at radius 3 is 2.45 bits per heavy atom. The molecule has 0 spiro atoms. The summed E-state index contributed by atoms with van der Waals surface area (Å²) >= 11 is 12.1. The van der Waals surface area contributed by atoms with E-state index in [0.29, 0.717) is 5.02 Å². The predicted octanol–water partition coefficient (Wildman–Crippen LogP) is 4.52. The van der Waals surface area contributed by atoms with Crippen molar-refractivity contribution in [3.63, 3.8) is 0 Å². The van der Waals surface area contributed by atoms with Crippen LogP contribution in [0.2, 0.25) is 10.0 Å². The van der Waals surface area contributed by atoms with Crippen molar-refractivity contribution in [1.29, 1.82) is 0 Å². The smallest absolute Gasteiger partial charge is 0.241 e. The molecule has 0 bridgehead atoms. The van der Waals surface area contributed by atoms with Crippen LogP contribution in [0, 0.1) is 0 Å². The topological polar surface area (TPSA) is 66.5 Å². The van der Waals surface area contributed by atoms with E-state index in [0.717, 1.165) is 29.0 Å². The predicted molar refractivity (Wildman–Crippen MR) is 118 cm³/mol. The number of fused-ring (bicyclic) bond motifs is 1. The van der Waals surface area contributed by atoms with Crippen LogP contribution in [0.4, 0.5) is 5.69 Å². The molecule has 1 atom stereocenters. The highest BCUT2D eigenvalue weighted by Crippen LogP contribution is 2.30. The van der Waals surface area contributed by atoms with Crippen LogP contribution in [0.25, 0.3) is 0 Å². The fourth-order valence-electron chi connectivity index (χ4n) is 3.59. The molecule has 3 rings (SSSR count). The van der Waals surface area contributed by atoms with Gasteiger partial charge in [-0.05, 0) is 67.5 Å². The second-order valence-corrected chi connectivity index (χ2v) is 10.1. The molecule has 0 saturated carbocycles. The van der Waals surface area contributed by atoms with Gasteiger partial charge in [0.2, 0.25) is 15.9 Å². The first-order valence-corrected chi connectivity index (χ1v) is 12.1. The van der Waals surface area contributed by atoms with Crippen molar-refractivity contribution >= 4 is 44.8 Å². The maximum Gasteiger partial charge on any atom is 0.241 e. The maximum absolute atomic E-state index is 12.6. The molecule has 0 radical (unpaired) electrons. The molecule has 8 heteroatoms. The van der Waals surface area contributed by atoms with E-state index in [1.807, 2.05) is 13.0 Å². The summed E-state index contributed by atoms with van der Waals surface area (Å²) in [7, 11) is -3.72. The fourth-order valence-corrected chi connectivity index (χ4v) is 5.02. The third-order valence-electron chi connectivity index (χ3n) is 5.12. The van der Waals surface area contributed by atoms with Crippen molar-refractivity contribution in [2.45, 2.75) is 38.6 Å². The largest absolute Gasteiger partial charge is 0.348 e. The standard InChI is InChI=1S/C21H24Cl2N2O3S/c1-14(16-8-7-15-5-3-4-6-17(15)11-16)24-21(26)13-25(29(2,27)28)20-10-9-18(22)12-19(20)23/h7-12,14H,3-6,13H2,1-2H3,(H,24,26)/t14-/m1/s1. The molecule has 1 aliphatic rings. The maximum atomic E-state index is 12.6. The molecule has 1 amide bonds. The Kier molecular flexibility index (Phi) is 6.76. The molecule has 0 unspecified atom stereocenters. The van der Waals surface area contributed by atoms with Crippen molar-refractivity contribution < 1.29 is 13.2 Å². The highest BCUT2D eigenvalue weighted by atomic mass is 35.5. The zero-order valence-electron chi connectivity index (χ0n) is 16.4. The molecule has 1 N–H and O–H groups in total. The minimum atomic E-state index is -3.72. The molecule has 0 fully saturated rings. The van der Waals surface area contributed by atoms with E-state index in [-0.39, 0.29) is 23.3 Å². The summed E-state index contributed by atoms with van der Waals surface area (Å²) in [4.78, 5) is 12.6. The molecular weight excluding hydrogens is 431 g/mol. The van der Waals surface area contributed by atoms with Crippen molar-refractivity contribution in [2.75, 3.05) is 17.1 Å². The van der Waals surface area contributed by atoms with Gasteiger partial charge in [0.25, 0.3) is 0 Å². The lowest BCUT2D eigenvalue weighted by Crippen LogP contribution is -2.41. The molecule has 0 aromatic heterocycles. The number of nitrogens with one attached hydrogen (secondary N) is 1. The average molecular weight is 455 g/mol. The number of halogens is 2. The first-order chi connectivity index (χ1) is 13.6.